The molecule has 2 atom stereocenters. The fourth-order valence-corrected chi connectivity index (χ4v) is 4.24. The minimum atomic E-state index is -0.857. The van der Waals surface area contributed by atoms with Gasteiger partial charge in [0.15, 0.2) is 0 Å². The lowest BCUT2D eigenvalue weighted by Gasteiger charge is -2.33. The molecule has 2 heterocycles. The molecule has 0 aliphatic carbocycles. The molecular formula is C25H31N5O5. The molecule has 0 bridgehead atoms. The second-order valence-electron chi connectivity index (χ2n) is 8.38. The van der Waals surface area contributed by atoms with Crippen LogP contribution in [-0.2, 0) is 25.6 Å². The number of nitrogens with zero attached hydrogens (tertiary/aromatic N) is 4. The number of amides is 2. The largest absolute Gasteiger partial charge is 0.497 e. The molecule has 0 spiro atoms. The molecule has 3 aromatic rings. The van der Waals surface area contributed by atoms with E-state index in [1.807, 2.05) is 24.3 Å². The number of carbonyl (C=O) groups excluding carboxylic acids is 2. The predicted molar refractivity (Wildman–Crippen MR) is 129 cm³/mol. The van der Waals surface area contributed by atoms with E-state index < -0.39 is 6.04 Å². The van der Waals surface area contributed by atoms with Gasteiger partial charge in [-0.3, -0.25) is 9.59 Å². The Hall–Kier alpha value is -3.50. The van der Waals surface area contributed by atoms with Gasteiger partial charge in [0.2, 0.25) is 11.8 Å². The number of hydrogen-bond acceptors (Lipinski definition) is 7. The van der Waals surface area contributed by atoms with Crippen LogP contribution in [0.2, 0.25) is 0 Å². The average Bonchev–Trinajstić information content (AvgIpc) is 3.54. The summed E-state index contributed by atoms with van der Waals surface area (Å²) in [6.07, 6.45) is 1.61. The minimum Gasteiger partial charge on any atom is -0.497 e. The molecule has 186 valence electrons. The summed E-state index contributed by atoms with van der Waals surface area (Å²) in [5.74, 6) is 0.124. The SMILES string of the molecule is COCCNC(=O)[C@@H](c1ccc(OC)cc1)N(C[C@H]1CCCO1)C(=O)Cn1nnc2ccccc21. The number of aromatic nitrogens is 3. The Labute approximate surface area is 204 Å². The summed E-state index contributed by atoms with van der Waals surface area (Å²) in [6.45, 7) is 1.59. The molecule has 10 nitrogen and oxygen atoms in total. The molecule has 2 aromatic carbocycles. The maximum Gasteiger partial charge on any atom is 0.247 e. The van der Waals surface area contributed by atoms with Crippen LogP contribution in [0.25, 0.3) is 11.0 Å². The normalized spacial score (nSPS) is 16.2. The zero-order valence-electron chi connectivity index (χ0n) is 20.1. The number of methoxy groups -OCH3 is 2. The lowest BCUT2D eigenvalue weighted by Crippen LogP contribution is -2.48. The van der Waals surface area contributed by atoms with E-state index >= 15 is 0 Å². The number of carbonyl (C=O) groups is 2. The van der Waals surface area contributed by atoms with Gasteiger partial charge in [-0.05, 0) is 42.7 Å². The first-order valence-corrected chi connectivity index (χ1v) is 11.7. The lowest BCUT2D eigenvalue weighted by atomic mass is 10.0. The first kappa shape index (κ1) is 24.6. The summed E-state index contributed by atoms with van der Waals surface area (Å²) < 4.78 is 17.8. The van der Waals surface area contributed by atoms with Crippen molar-refractivity contribution >= 4 is 22.8 Å². The summed E-state index contributed by atoms with van der Waals surface area (Å²) in [6, 6.07) is 13.8. The highest BCUT2D eigenvalue weighted by Crippen LogP contribution is 2.27. The van der Waals surface area contributed by atoms with E-state index in [2.05, 4.69) is 15.6 Å². The van der Waals surface area contributed by atoms with Gasteiger partial charge in [-0.15, -0.1) is 5.10 Å². The molecule has 1 aromatic heterocycles. The molecule has 0 radical (unpaired) electrons. The summed E-state index contributed by atoms with van der Waals surface area (Å²) in [4.78, 5) is 28.8. The number of nitrogens with one attached hydrogen (secondary N) is 1. The predicted octanol–water partition coefficient (Wildman–Crippen LogP) is 1.95. The molecule has 1 N–H and O–H groups in total. The Kier molecular flexibility index (Phi) is 8.27. The van der Waals surface area contributed by atoms with Crippen LogP contribution in [0.15, 0.2) is 48.5 Å². The lowest BCUT2D eigenvalue weighted by molar-refractivity contribution is -0.143. The third kappa shape index (κ3) is 5.95. The molecular weight excluding hydrogens is 450 g/mol. The van der Waals surface area contributed by atoms with Gasteiger partial charge >= 0.3 is 0 Å². The molecule has 10 heteroatoms. The van der Waals surface area contributed by atoms with Gasteiger partial charge in [-0.1, -0.05) is 29.5 Å². The molecule has 1 fully saturated rings. The highest BCUT2D eigenvalue weighted by Gasteiger charge is 2.34. The van der Waals surface area contributed by atoms with Crippen LogP contribution >= 0.6 is 0 Å². The second-order valence-corrected chi connectivity index (χ2v) is 8.38. The summed E-state index contributed by atoms with van der Waals surface area (Å²) in [5.41, 5.74) is 2.13. The van der Waals surface area contributed by atoms with Gasteiger partial charge in [0.05, 0.1) is 25.3 Å². The van der Waals surface area contributed by atoms with Gasteiger partial charge in [-0.2, -0.15) is 0 Å². The maximum atomic E-state index is 13.8. The molecule has 0 unspecified atom stereocenters. The molecule has 2 amide bonds. The third-order valence-corrected chi connectivity index (χ3v) is 6.05. The van der Waals surface area contributed by atoms with E-state index in [0.29, 0.717) is 43.1 Å². The molecule has 35 heavy (non-hydrogen) atoms. The monoisotopic (exact) mass is 481 g/mol. The highest BCUT2D eigenvalue weighted by molar-refractivity contribution is 5.89. The first-order chi connectivity index (χ1) is 17.1. The summed E-state index contributed by atoms with van der Waals surface area (Å²) in [7, 11) is 3.16. The van der Waals surface area contributed by atoms with Crippen LogP contribution in [0.5, 0.6) is 5.75 Å². The zero-order valence-corrected chi connectivity index (χ0v) is 20.1. The van der Waals surface area contributed by atoms with Crippen LogP contribution in [0.3, 0.4) is 0 Å². The number of rotatable bonds is 11. The fourth-order valence-electron chi connectivity index (χ4n) is 4.24. The number of para-hydroxylation sites is 1. The zero-order chi connectivity index (χ0) is 24.6. The highest BCUT2D eigenvalue weighted by atomic mass is 16.5. The van der Waals surface area contributed by atoms with Gasteiger partial charge in [0, 0.05) is 26.8 Å². The van der Waals surface area contributed by atoms with E-state index in [1.54, 1.807) is 48.1 Å². The van der Waals surface area contributed by atoms with Crippen molar-refractivity contribution < 1.29 is 23.8 Å². The van der Waals surface area contributed by atoms with E-state index in [4.69, 9.17) is 14.2 Å². The number of fused-ring (bicyclic) bond motifs is 1. The Morgan fingerprint density at radius 1 is 1.20 bits per heavy atom. The van der Waals surface area contributed by atoms with Crippen LogP contribution in [0.4, 0.5) is 0 Å². The molecule has 1 aliphatic heterocycles. The maximum absolute atomic E-state index is 13.8. The van der Waals surface area contributed by atoms with Crippen molar-refractivity contribution in [2.75, 3.05) is 40.5 Å². The topological polar surface area (TPSA) is 108 Å². The van der Waals surface area contributed by atoms with Crippen molar-refractivity contribution in [3.63, 3.8) is 0 Å². The molecule has 4 rings (SSSR count). The standard InChI is InChI=1S/C25H31N5O5/c1-33-15-13-26-25(32)24(18-9-11-19(34-2)12-10-18)29(16-20-6-5-14-35-20)23(31)17-30-22-8-4-3-7-21(22)27-28-30/h3-4,7-12,20,24H,5-6,13-17H2,1-2H3,(H,26,32)/t20-,24-/m1/s1. The van der Waals surface area contributed by atoms with Crippen molar-refractivity contribution in [2.45, 2.75) is 31.5 Å². The molecule has 0 saturated carbocycles. The number of benzene rings is 2. The quantitative estimate of drug-likeness (QED) is 0.417. The van der Waals surface area contributed by atoms with Crippen molar-refractivity contribution in [1.82, 2.24) is 25.2 Å². The Balaban J connectivity index is 1.66. The van der Waals surface area contributed by atoms with Gasteiger partial charge in [0.1, 0.15) is 23.9 Å². The van der Waals surface area contributed by atoms with Crippen molar-refractivity contribution in [3.8, 4) is 5.75 Å². The van der Waals surface area contributed by atoms with Crippen LogP contribution in [-0.4, -0.2) is 78.3 Å². The van der Waals surface area contributed by atoms with Gasteiger partial charge in [-0.25, -0.2) is 4.68 Å². The van der Waals surface area contributed by atoms with Crippen molar-refractivity contribution in [3.05, 3.63) is 54.1 Å². The Morgan fingerprint density at radius 3 is 2.71 bits per heavy atom. The molecule has 1 saturated heterocycles. The minimum absolute atomic E-state index is 0.0504. The van der Waals surface area contributed by atoms with Crippen molar-refractivity contribution in [2.24, 2.45) is 0 Å². The Bertz CT molecular complexity index is 1130. The van der Waals surface area contributed by atoms with Gasteiger partial charge < -0.3 is 24.4 Å². The van der Waals surface area contributed by atoms with Crippen LogP contribution < -0.4 is 10.1 Å². The fraction of sp³-hybridized carbons (Fsp3) is 0.440. The Morgan fingerprint density at radius 2 is 2.00 bits per heavy atom. The molecule has 1 aliphatic rings. The smallest absolute Gasteiger partial charge is 0.247 e. The number of ether oxygens (including phenoxy) is 3. The van der Waals surface area contributed by atoms with E-state index in [9.17, 15) is 9.59 Å². The first-order valence-electron chi connectivity index (χ1n) is 11.7. The summed E-state index contributed by atoms with van der Waals surface area (Å²) >= 11 is 0. The van der Waals surface area contributed by atoms with Crippen LogP contribution in [0.1, 0.15) is 24.4 Å². The van der Waals surface area contributed by atoms with E-state index in [0.717, 1.165) is 18.4 Å². The summed E-state index contributed by atoms with van der Waals surface area (Å²) in [5, 5.41) is 11.2. The van der Waals surface area contributed by atoms with E-state index in [1.165, 1.54) is 0 Å². The number of hydrogen-bond donors (Lipinski definition) is 1. The van der Waals surface area contributed by atoms with Gasteiger partial charge in [0.25, 0.3) is 0 Å². The third-order valence-electron chi connectivity index (χ3n) is 6.05. The van der Waals surface area contributed by atoms with E-state index in [-0.39, 0.29) is 24.5 Å². The van der Waals surface area contributed by atoms with Crippen LogP contribution in [0, 0.1) is 0 Å². The average molecular weight is 482 g/mol. The second kappa shape index (κ2) is 11.8. The van der Waals surface area contributed by atoms with Crippen molar-refractivity contribution in [1.29, 1.82) is 0 Å².